The molecule has 4 nitrogen and oxygen atoms in total. The standard InChI is InChI=1S/C13H12FNO3/c14-11-2-1-3-12(10(11)8-15)17-6-4-9-5-7-18-13(9)16/h1-3,9H,4-7H2/t9-/m1/s1. The van der Waals surface area contributed by atoms with E-state index in [4.69, 9.17) is 14.7 Å². The fraction of sp³-hybridized carbons (Fsp3) is 0.385. The number of hydrogen-bond donors (Lipinski definition) is 0. The third-order valence-electron chi connectivity index (χ3n) is 2.86. The molecule has 1 saturated heterocycles. The molecule has 0 aromatic heterocycles. The minimum atomic E-state index is -0.602. The number of nitriles is 1. The topological polar surface area (TPSA) is 59.3 Å². The number of nitrogens with zero attached hydrogens (tertiary/aromatic N) is 1. The molecule has 0 bridgehead atoms. The second-order valence-corrected chi connectivity index (χ2v) is 4.02. The van der Waals surface area contributed by atoms with E-state index in [1.165, 1.54) is 18.2 Å². The van der Waals surface area contributed by atoms with E-state index in [2.05, 4.69) is 0 Å². The lowest BCUT2D eigenvalue weighted by molar-refractivity contribution is -0.141. The lowest BCUT2D eigenvalue weighted by atomic mass is 10.1. The zero-order valence-electron chi connectivity index (χ0n) is 9.69. The van der Waals surface area contributed by atoms with Crippen LogP contribution in [-0.2, 0) is 9.53 Å². The molecule has 1 aromatic rings. The summed E-state index contributed by atoms with van der Waals surface area (Å²) >= 11 is 0. The van der Waals surface area contributed by atoms with Gasteiger partial charge in [0.1, 0.15) is 23.2 Å². The fourth-order valence-corrected chi connectivity index (χ4v) is 1.84. The number of esters is 1. The van der Waals surface area contributed by atoms with Gasteiger partial charge in [-0.05, 0) is 25.0 Å². The average molecular weight is 249 g/mol. The maximum atomic E-state index is 13.3. The summed E-state index contributed by atoms with van der Waals surface area (Å²) in [6, 6.07) is 5.99. The van der Waals surface area contributed by atoms with Crippen molar-refractivity contribution in [1.29, 1.82) is 5.26 Å². The van der Waals surface area contributed by atoms with Gasteiger partial charge < -0.3 is 9.47 Å². The van der Waals surface area contributed by atoms with Crippen LogP contribution in [0, 0.1) is 23.1 Å². The maximum absolute atomic E-state index is 13.3. The van der Waals surface area contributed by atoms with Gasteiger partial charge in [-0.25, -0.2) is 4.39 Å². The van der Waals surface area contributed by atoms with Gasteiger partial charge >= 0.3 is 5.97 Å². The molecule has 0 saturated carbocycles. The van der Waals surface area contributed by atoms with E-state index in [1.807, 2.05) is 0 Å². The lowest BCUT2D eigenvalue weighted by Crippen LogP contribution is -2.12. The summed E-state index contributed by atoms with van der Waals surface area (Å²) in [6.45, 7) is 0.713. The van der Waals surface area contributed by atoms with Gasteiger partial charge in [-0.3, -0.25) is 4.79 Å². The van der Waals surface area contributed by atoms with Crippen LogP contribution in [0.15, 0.2) is 18.2 Å². The summed E-state index contributed by atoms with van der Waals surface area (Å²) in [4.78, 5) is 11.2. The highest BCUT2D eigenvalue weighted by Gasteiger charge is 2.26. The van der Waals surface area contributed by atoms with Gasteiger partial charge in [0, 0.05) is 0 Å². The number of carbonyl (C=O) groups is 1. The van der Waals surface area contributed by atoms with Crippen LogP contribution in [0.3, 0.4) is 0 Å². The van der Waals surface area contributed by atoms with Gasteiger partial charge in [0.2, 0.25) is 0 Å². The van der Waals surface area contributed by atoms with E-state index in [1.54, 1.807) is 6.07 Å². The van der Waals surface area contributed by atoms with E-state index in [0.29, 0.717) is 19.4 Å². The van der Waals surface area contributed by atoms with Crippen molar-refractivity contribution in [3.05, 3.63) is 29.6 Å². The third-order valence-corrected chi connectivity index (χ3v) is 2.86. The third kappa shape index (κ3) is 2.59. The second kappa shape index (κ2) is 5.50. The first kappa shape index (κ1) is 12.4. The molecule has 0 radical (unpaired) electrons. The molecule has 0 spiro atoms. The van der Waals surface area contributed by atoms with Crippen molar-refractivity contribution in [2.75, 3.05) is 13.2 Å². The van der Waals surface area contributed by atoms with Gasteiger partial charge in [0.05, 0.1) is 19.1 Å². The molecule has 18 heavy (non-hydrogen) atoms. The molecule has 1 heterocycles. The Balaban J connectivity index is 1.93. The molecule has 0 unspecified atom stereocenters. The average Bonchev–Trinajstić information content (AvgIpc) is 2.75. The van der Waals surface area contributed by atoms with Gasteiger partial charge in [-0.15, -0.1) is 0 Å². The summed E-state index contributed by atoms with van der Waals surface area (Å²) in [6.07, 6.45) is 1.21. The van der Waals surface area contributed by atoms with Crippen molar-refractivity contribution in [2.45, 2.75) is 12.8 Å². The lowest BCUT2D eigenvalue weighted by Gasteiger charge is -2.09. The van der Waals surface area contributed by atoms with Crippen LogP contribution in [-0.4, -0.2) is 19.2 Å². The number of benzene rings is 1. The predicted molar refractivity (Wildman–Crippen MR) is 60.3 cm³/mol. The highest BCUT2D eigenvalue weighted by Crippen LogP contribution is 2.22. The number of hydrogen-bond acceptors (Lipinski definition) is 4. The van der Waals surface area contributed by atoms with Crippen molar-refractivity contribution >= 4 is 5.97 Å². The number of rotatable bonds is 4. The Morgan fingerprint density at radius 1 is 1.56 bits per heavy atom. The van der Waals surface area contributed by atoms with Crippen molar-refractivity contribution in [3.63, 3.8) is 0 Å². The smallest absolute Gasteiger partial charge is 0.309 e. The van der Waals surface area contributed by atoms with Crippen LogP contribution >= 0.6 is 0 Å². The number of halogens is 1. The Hall–Kier alpha value is -2.09. The monoisotopic (exact) mass is 249 g/mol. The second-order valence-electron chi connectivity index (χ2n) is 4.02. The summed E-state index contributed by atoms with van der Waals surface area (Å²) in [5, 5.41) is 8.81. The zero-order valence-corrected chi connectivity index (χ0v) is 9.69. The Bertz CT molecular complexity index is 495. The molecule has 1 aromatic carbocycles. The van der Waals surface area contributed by atoms with Crippen LogP contribution in [0.5, 0.6) is 5.75 Å². The molecular weight excluding hydrogens is 237 g/mol. The largest absolute Gasteiger partial charge is 0.492 e. The molecule has 1 aliphatic heterocycles. The Morgan fingerprint density at radius 3 is 3.06 bits per heavy atom. The molecule has 1 atom stereocenters. The van der Waals surface area contributed by atoms with Crippen molar-refractivity contribution in [3.8, 4) is 11.8 Å². The first-order valence-electron chi connectivity index (χ1n) is 5.70. The van der Waals surface area contributed by atoms with Crippen molar-refractivity contribution in [1.82, 2.24) is 0 Å². The van der Waals surface area contributed by atoms with Crippen LogP contribution < -0.4 is 4.74 Å². The molecule has 94 valence electrons. The molecular formula is C13H12FNO3. The number of carbonyl (C=O) groups excluding carboxylic acids is 1. The Kier molecular flexibility index (Phi) is 3.78. The molecule has 1 aliphatic rings. The minimum Gasteiger partial charge on any atom is -0.492 e. The highest BCUT2D eigenvalue weighted by molar-refractivity contribution is 5.74. The Labute approximate surface area is 104 Å². The molecule has 5 heteroatoms. The van der Waals surface area contributed by atoms with Crippen molar-refractivity contribution in [2.24, 2.45) is 5.92 Å². The normalized spacial score (nSPS) is 18.2. The maximum Gasteiger partial charge on any atom is 0.309 e. The van der Waals surface area contributed by atoms with E-state index >= 15 is 0 Å². The van der Waals surface area contributed by atoms with E-state index in [0.717, 1.165) is 0 Å². The molecule has 0 aliphatic carbocycles. The molecule has 0 amide bonds. The van der Waals surface area contributed by atoms with Crippen molar-refractivity contribution < 1.29 is 18.7 Å². The summed E-state index contributed by atoms with van der Waals surface area (Å²) in [5.74, 6) is -0.749. The number of cyclic esters (lactones) is 1. The van der Waals surface area contributed by atoms with E-state index in [-0.39, 0.29) is 29.8 Å². The first-order valence-corrected chi connectivity index (χ1v) is 5.70. The van der Waals surface area contributed by atoms with E-state index < -0.39 is 5.82 Å². The van der Waals surface area contributed by atoms with Gasteiger partial charge in [-0.2, -0.15) is 5.26 Å². The zero-order chi connectivity index (χ0) is 13.0. The molecule has 1 fully saturated rings. The predicted octanol–water partition coefficient (Wildman–Crippen LogP) is 2.03. The first-order chi connectivity index (χ1) is 8.72. The summed E-state index contributed by atoms with van der Waals surface area (Å²) < 4.78 is 23.4. The number of ether oxygens (including phenoxy) is 2. The fourth-order valence-electron chi connectivity index (χ4n) is 1.84. The summed E-state index contributed by atoms with van der Waals surface area (Å²) in [7, 11) is 0. The molecule has 2 rings (SSSR count). The van der Waals surface area contributed by atoms with E-state index in [9.17, 15) is 9.18 Å². The quantitative estimate of drug-likeness (QED) is 0.766. The van der Waals surface area contributed by atoms with Crippen LogP contribution in [0.2, 0.25) is 0 Å². The van der Waals surface area contributed by atoms with Gasteiger partial charge in [0.25, 0.3) is 0 Å². The Morgan fingerprint density at radius 2 is 2.39 bits per heavy atom. The van der Waals surface area contributed by atoms with Crippen LogP contribution in [0.1, 0.15) is 18.4 Å². The highest BCUT2D eigenvalue weighted by atomic mass is 19.1. The minimum absolute atomic E-state index is 0.105. The van der Waals surface area contributed by atoms with Gasteiger partial charge in [0.15, 0.2) is 0 Å². The SMILES string of the molecule is N#Cc1c(F)cccc1OCC[C@@H]1CCOC1=O. The van der Waals surface area contributed by atoms with Gasteiger partial charge in [-0.1, -0.05) is 6.07 Å². The molecule has 0 N–H and O–H groups in total. The van der Waals surface area contributed by atoms with Crippen LogP contribution in [0.4, 0.5) is 4.39 Å². The summed E-state index contributed by atoms with van der Waals surface area (Å²) in [5.41, 5.74) is -0.105. The van der Waals surface area contributed by atoms with Crippen LogP contribution in [0.25, 0.3) is 0 Å².